The first-order valence-electron chi connectivity index (χ1n) is 7.65. The lowest BCUT2D eigenvalue weighted by molar-refractivity contribution is -0.122. The number of ether oxygens (including phenoxy) is 1. The molecule has 23 heavy (non-hydrogen) atoms. The Hall–Kier alpha value is -2.40. The molecule has 2 N–H and O–H groups in total. The van der Waals surface area contributed by atoms with Gasteiger partial charge < -0.3 is 15.2 Å². The molecule has 1 aliphatic carbocycles. The summed E-state index contributed by atoms with van der Waals surface area (Å²) in [4.78, 5) is 12.3. The first kappa shape index (κ1) is 15.5. The molecular formula is C18H18FNO3. The Bertz CT molecular complexity index is 690. The molecule has 5 heteroatoms. The molecule has 0 saturated heterocycles. The minimum atomic E-state index is -0.637. The molecule has 1 saturated carbocycles. The minimum Gasteiger partial charge on any atom is -0.455 e. The maximum absolute atomic E-state index is 13.5. The van der Waals surface area contributed by atoms with E-state index in [1.54, 1.807) is 12.1 Å². The predicted molar refractivity (Wildman–Crippen MR) is 84.9 cm³/mol. The summed E-state index contributed by atoms with van der Waals surface area (Å²) < 4.78 is 19.2. The van der Waals surface area contributed by atoms with Crippen LogP contribution in [-0.4, -0.2) is 17.1 Å². The topological polar surface area (TPSA) is 58.6 Å². The Morgan fingerprint density at radius 3 is 2.65 bits per heavy atom. The first-order valence-corrected chi connectivity index (χ1v) is 7.65. The number of anilines is 1. The van der Waals surface area contributed by atoms with Crippen molar-refractivity contribution in [2.45, 2.75) is 25.4 Å². The highest BCUT2D eigenvalue weighted by Crippen LogP contribution is 2.32. The molecule has 1 aliphatic rings. The zero-order valence-corrected chi connectivity index (χ0v) is 12.5. The van der Waals surface area contributed by atoms with Crippen LogP contribution in [0.1, 0.15) is 19.3 Å². The van der Waals surface area contributed by atoms with Gasteiger partial charge in [-0.3, -0.25) is 4.79 Å². The number of rotatable bonds is 4. The first-order chi connectivity index (χ1) is 11.1. The van der Waals surface area contributed by atoms with E-state index in [1.165, 1.54) is 18.2 Å². The van der Waals surface area contributed by atoms with Gasteiger partial charge in [-0.2, -0.15) is 0 Å². The number of amides is 1. The second-order valence-corrected chi connectivity index (χ2v) is 5.65. The summed E-state index contributed by atoms with van der Waals surface area (Å²) >= 11 is 0. The number of carbonyl (C=O) groups excluding carboxylic acids is 1. The van der Waals surface area contributed by atoms with E-state index in [1.807, 2.05) is 18.2 Å². The summed E-state index contributed by atoms with van der Waals surface area (Å²) in [5.41, 5.74) is 0.262. The molecule has 2 aromatic rings. The number of para-hydroxylation sites is 1. The SMILES string of the molecule is O=C(Nc1cc(F)ccc1Oc1ccccc1)C1CCCC1O. The monoisotopic (exact) mass is 315 g/mol. The molecule has 1 amide bonds. The third-order valence-electron chi connectivity index (χ3n) is 3.99. The number of benzene rings is 2. The molecule has 3 rings (SSSR count). The molecule has 0 heterocycles. The highest BCUT2D eigenvalue weighted by atomic mass is 19.1. The fraction of sp³-hybridized carbons (Fsp3) is 0.278. The van der Waals surface area contributed by atoms with E-state index in [-0.39, 0.29) is 11.6 Å². The summed E-state index contributed by atoms with van der Waals surface area (Å²) in [5.74, 6) is -0.275. The van der Waals surface area contributed by atoms with E-state index in [0.717, 1.165) is 6.42 Å². The fourth-order valence-corrected chi connectivity index (χ4v) is 2.78. The molecule has 0 radical (unpaired) electrons. The van der Waals surface area contributed by atoms with Gasteiger partial charge in [0.15, 0.2) is 5.75 Å². The van der Waals surface area contributed by atoms with Crippen molar-refractivity contribution in [1.29, 1.82) is 0 Å². The summed E-state index contributed by atoms with van der Waals surface area (Å²) in [6, 6.07) is 13.0. The van der Waals surface area contributed by atoms with Crippen LogP contribution in [0.2, 0.25) is 0 Å². The van der Waals surface area contributed by atoms with Crippen LogP contribution in [0.25, 0.3) is 0 Å². The maximum atomic E-state index is 13.5. The lowest BCUT2D eigenvalue weighted by Crippen LogP contribution is -2.28. The van der Waals surface area contributed by atoms with Crippen LogP contribution in [-0.2, 0) is 4.79 Å². The Kier molecular flexibility index (Phi) is 4.57. The van der Waals surface area contributed by atoms with Crippen molar-refractivity contribution in [3.63, 3.8) is 0 Å². The molecule has 0 aliphatic heterocycles. The van der Waals surface area contributed by atoms with Crippen molar-refractivity contribution < 1.29 is 19.0 Å². The van der Waals surface area contributed by atoms with E-state index in [0.29, 0.717) is 24.3 Å². The Morgan fingerprint density at radius 1 is 1.17 bits per heavy atom. The average Bonchev–Trinajstić information content (AvgIpc) is 2.97. The second kappa shape index (κ2) is 6.79. The number of nitrogens with one attached hydrogen (secondary N) is 1. The number of aliphatic hydroxyl groups is 1. The third kappa shape index (κ3) is 3.68. The van der Waals surface area contributed by atoms with Crippen LogP contribution in [0.3, 0.4) is 0 Å². The number of carbonyl (C=O) groups is 1. The van der Waals surface area contributed by atoms with Crippen molar-refractivity contribution in [3.8, 4) is 11.5 Å². The van der Waals surface area contributed by atoms with Gasteiger partial charge in [0.2, 0.25) is 5.91 Å². The van der Waals surface area contributed by atoms with Crippen molar-refractivity contribution in [3.05, 3.63) is 54.3 Å². The zero-order valence-electron chi connectivity index (χ0n) is 12.5. The standard InChI is InChI=1S/C18H18FNO3/c19-12-9-10-17(23-13-5-2-1-3-6-13)15(11-12)20-18(22)14-7-4-8-16(14)21/h1-3,5-6,9-11,14,16,21H,4,7-8H2,(H,20,22). The van der Waals surface area contributed by atoms with Gasteiger partial charge in [0.05, 0.1) is 17.7 Å². The van der Waals surface area contributed by atoms with Gasteiger partial charge in [-0.1, -0.05) is 18.2 Å². The molecule has 2 atom stereocenters. The van der Waals surface area contributed by atoms with Gasteiger partial charge in [-0.15, -0.1) is 0 Å². The predicted octanol–water partition coefficient (Wildman–Crippen LogP) is 3.72. The molecule has 0 spiro atoms. The molecule has 0 aromatic heterocycles. The van der Waals surface area contributed by atoms with E-state index in [4.69, 9.17) is 4.74 Å². The molecule has 1 fully saturated rings. The quantitative estimate of drug-likeness (QED) is 0.904. The number of hydrogen-bond acceptors (Lipinski definition) is 3. The summed E-state index contributed by atoms with van der Waals surface area (Å²) in [7, 11) is 0. The smallest absolute Gasteiger partial charge is 0.230 e. The summed E-state index contributed by atoms with van der Waals surface area (Å²) in [6.45, 7) is 0. The average molecular weight is 315 g/mol. The van der Waals surface area contributed by atoms with Gasteiger partial charge in [-0.05, 0) is 43.5 Å². The van der Waals surface area contributed by atoms with Crippen molar-refractivity contribution in [2.24, 2.45) is 5.92 Å². The molecule has 0 bridgehead atoms. The molecule has 2 unspecified atom stereocenters. The third-order valence-corrected chi connectivity index (χ3v) is 3.99. The Morgan fingerprint density at radius 2 is 1.96 bits per heavy atom. The van der Waals surface area contributed by atoms with E-state index < -0.39 is 17.8 Å². The molecule has 4 nitrogen and oxygen atoms in total. The van der Waals surface area contributed by atoms with Crippen LogP contribution in [0.15, 0.2) is 48.5 Å². The molecule has 2 aromatic carbocycles. The Balaban J connectivity index is 1.80. The van der Waals surface area contributed by atoms with Crippen molar-refractivity contribution >= 4 is 11.6 Å². The number of hydrogen-bond donors (Lipinski definition) is 2. The zero-order chi connectivity index (χ0) is 16.2. The fourth-order valence-electron chi connectivity index (χ4n) is 2.78. The van der Waals surface area contributed by atoms with Crippen LogP contribution >= 0.6 is 0 Å². The van der Waals surface area contributed by atoms with Gasteiger partial charge >= 0.3 is 0 Å². The highest BCUT2D eigenvalue weighted by Gasteiger charge is 2.31. The minimum absolute atomic E-state index is 0.262. The summed E-state index contributed by atoms with van der Waals surface area (Å²) in [5, 5.41) is 12.5. The van der Waals surface area contributed by atoms with Crippen LogP contribution in [0, 0.1) is 11.7 Å². The van der Waals surface area contributed by atoms with Gasteiger partial charge in [0.25, 0.3) is 0 Å². The van der Waals surface area contributed by atoms with Crippen molar-refractivity contribution in [2.75, 3.05) is 5.32 Å². The van der Waals surface area contributed by atoms with Crippen molar-refractivity contribution in [1.82, 2.24) is 0 Å². The second-order valence-electron chi connectivity index (χ2n) is 5.65. The number of aliphatic hydroxyl groups excluding tert-OH is 1. The molecule has 120 valence electrons. The van der Waals surface area contributed by atoms with Gasteiger partial charge in [-0.25, -0.2) is 4.39 Å². The van der Waals surface area contributed by atoms with Gasteiger partial charge in [0.1, 0.15) is 11.6 Å². The van der Waals surface area contributed by atoms with E-state index >= 15 is 0 Å². The maximum Gasteiger partial charge on any atom is 0.230 e. The normalized spacial score (nSPS) is 20.3. The lowest BCUT2D eigenvalue weighted by Gasteiger charge is -2.17. The summed E-state index contributed by atoms with van der Waals surface area (Å²) in [6.07, 6.45) is 1.43. The molecular weight excluding hydrogens is 297 g/mol. The van der Waals surface area contributed by atoms with Crippen LogP contribution in [0.5, 0.6) is 11.5 Å². The highest BCUT2D eigenvalue weighted by molar-refractivity contribution is 5.94. The lowest BCUT2D eigenvalue weighted by atomic mass is 10.1. The van der Waals surface area contributed by atoms with E-state index in [2.05, 4.69) is 5.32 Å². The Labute approximate surface area is 133 Å². The van der Waals surface area contributed by atoms with E-state index in [9.17, 15) is 14.3 Å². The number of halogens is 1. The van der Waals surface area contributed by atoms with Crippen LogP contribution < -0.4 is 10.1 Å². The van der Waals surface area contributed by atoms with Gasteiger partial charge in [0, 0.05) is 6.07 Å². The largest absolute Gasteiger partial charge is 0.455 e. The van der Waals surface area contributed by atoms with Crippen LogP contribution in [0.4, 0.5) is 10.1 Å².